The minimum absolute atomic E-state index is 0.149. The minimum atomic E-state index is -0.167. The quantitative estimate of drug-likeness (QED) is 0.818. The molecule has 0 aromatic heterocycles. The van der Waals surface area contributed by atoms with Gasteiger partial charge in [-0.05, 0) is 36.0 Å². The van der Waals surface area contributed by atoms with E-state index in [0.29, 0.717) is 26.1 Å². The molecule has 1 heterocycles. The minimum Gasteiger partial charge on any atom is -0.344 e. The molecule has 2 aromatic rings. The molecule has 0 bridgehead atoms. The maximum absolute atomic E-state index is 12.8. The van der Waals surface area contributed by atoms with E-state index in [9.17, 15) is 9.59 Å². The summed E-state index contributed by atoms with van der Waals surface area (Å²) in [6.45, 7) is 1.82. The van der Waals surface area contributed by atoms with Crippen LogP contribution in [0.25, 0.3) is 11.1 Å². The molecule has 2 aromatic carbocycles. The summed E-state index contributed by atoms with van der Waals surface area (Å²) >= 11 is 0. The Bertz CT molecular complexity index is 827. The van der Waals surface area contributed by atoms with Crippen molar-refractivity contribution in [2.24, 2.45) is 11.8 Å². The summed E-state index contributed by atoms with van der Waals surface area (Å²) in [7, 11) is 1.85. The standard InChI is InChI=1S/C24H28N2O2/c1-25-14-15-26(24(28)21-8-5-9-21)17-22(23(25)27)16-18-10-12-20(13-11-18)19-6-3-2-4-7-19/h2-4,6-7,10-13,21-22H,5,8-9,14-17H2,1H3/t22-/m1/s1. The molecule has 1 saturated heterocycles. The molecule has 146 valence electrons. The fourth-order valence-electron chi connectivity index (χ4n) is 4.14. The predicted octanol–water partition coefficient (Wildman–Crippen LogP) is 3.61. The van der Waals surface area contributed by atoms with Gasteiger partial charge in [-0.3, -0.25) is 9.59 Å². The summed E-state index contributed by atoms with van der Waals surface area (Å²) in [5, 5.41) is 0. The van der Waals surface area contributed by atoms with Crippen molar-refractivity contribution >= 4 is 11.8 Å². The summed E-state index contributed by atoms with van der Waals surface area (Å²) in [6.07, 6.45) is 3.84. The smallest absolute Gasteiger partial charge is 0.227 e. The van der Waals surface area contributed by atoms with Crippen LogP contribution in [-0.4, -0.2) is 48.3 Å². The Kier molecular flexibility index (Phi) is 5.47. The van der Waals surface area contributed by atoms with E-state index >= 15 is 0 Å². The van der Waals surface area contributed by atoms with Gasteiger partial charge in [-0.15, -0.1) is 0 Å². The van der Waals surface area contributed by atoms with Crippen LogP contribution in [0.1, 0.15) is 24.8 Å². The van der Waals surface area contributed by atoms with Crippen LogP contribution >= 0.6 is 0 Å². The molecule has 1 aliphatic carbocycles. The first-order valence-electron chi connectivity index (χ1n) is 10.3. The number of benzene rings is 2. The van der Waals surface area contributed by atoms with E-state index in [2.05, 4.69) is 36.4 Å². The molecule has 4 nitrogen and oxygen atoms in total. The van der Waals surface area contributed by atoms with Crippen molar-refractivity contribution in [3.8, 4) is 11.1 Å². The van der Waals surface area contributed by atoms with Crippen molar-refractivity contribution < 1.29 is 9.59 Å². The fraction of sp³-hybridized carbons (Fsp3) is 0.417. The van der Waals surface area contributed by atoms with Crippen molar-refractivity contribution in [3.63, 3.8) is 0 Å². The lowest BCUT2D eigenvalue weighted by Crippen LogP contribution is -2.42. The highest BCUT2D eigenvalue weighted by molar-refractivity contribution is 5.83. The van der Waals surface area contributed by atoms with E-state index in [0.717, 1.165) is 24.8 Å². The van der Waals surface area contributed by atoms with Gasteiger partial charge in [0.05, 0.1) is 5.92 Å². The topological polar surface area (TPSA) is 40.6 Å². The molecule has 1 aliphatic heterocycles. The molecule has 0 spiro atoms. The molecule has 4 rings (SSSR count). The zero-order chi connectivity index (χ0) is 19.5. The van der Waals surface area contributed by atoms with Gasteiger partial charge >= 0.3 is 0 Å². The van der Waals surface area contributed by atoms with Crippen LogP contribution in [0.3, 0.4) is 0 Å². The molecule has 1 atom stereocenters. The van der Waals surface area contributed by atoms with E-state index in [4.69, 9.17) is 0 Å². The predicted molar refractivity (Wildman–Crippen MR) is 111 cm³/mol. The number of carbonyl (C=O) groups excluding carboxylic acids is 2. The molecular weight excluding hydrogens is 348 g/mol. The highest BCUT2D eigenvalue weighted by Crippen LogP contribution is 2.29. The number of amides is 2. The SMILES string of the molecule is CN1CCN(C(=O)C2CCC2)C[C@@H](Cc2ccc(-c3ccccc3)cc2)C1=O. The lowest BCUT2D eigenvalue weighted by molar-refractivity contribution is -0.138. The van der Waals surface area contributed by atoms with Crippen LogP contribution in [0.4, 0.5) is 0 Å². The van der Waals surface area contributed by atoms with Gasteiger partial charge in [-0.1, -0.05) is 61.0 Å². The van der Waals surface area contributed by atoms with Gasteiger partial charge in [-0.2, -0.15) is 0 Å². The highest BCUT2D eigenvalue weighted by Gasteiger charge is 2.35. The van der Waals surface area contributed by atoms with Crippen LogP contribution in [0.2, 0.25) is 0 Å². The van der Waals surface area contributed by atoms with Gasteiger partial charge in [0, 0.05) is 32.6 Å². The second kappa shape index (κ2) is 8.17. The van der Waals surface area contributed by atoms with Crippen LogP contribution in [0.15, 0.2) is 54.6 Å². The molecule has 28 heavy (non-hydrogen) atoms. The summed E-state index contributed by atoms with van der Waals surface area (Å²) in [5.41, 5.74) is 3.51. The van der Waals surface area contributed by atoms with E-state index in [-0.39, 0.29) is 23.7 Å². The lowest BCUT2D eigenvalue weighted by Gasteiger charge is -2.31. The zero-order valence-corrected chi connectivity index (χ0v) is 16.5. The van der Waals surface area contributed by atoms with Gasteiger partial charge in [0.1, 0.15) is 0 Å². The Hall–Kier alpha value is -2.62. The summed E-state index contributed by atoms with van der Waals surface area (Å²) in [5.74, 6) is 0.415. The Balaban J connectivity index is 1.48. The monoisotopic (exact) mass is 376 g/mol. The molecule has 0 N–H and O–H groups in total. The Morgan fingerprint density at radius 2 is 1.64 bits per heavy atom. The molecule has 1 saturated carbocycles. The molecular formula is C24H28N2O2. The second-order valence-electron chi connectivity index (χ2n) is 8.14. The lowest BCUT2D eigenvalue weighted by atomic mass is 9.84. The number of nitrogens with zero attached hydrogens (tertiary/aromatic N) is 2. The van der Waals surface area contributed by atoms with Gasteiger partial charge in [0.15, 0.2) is 0 Å². The van der Waals surface area contributed by atoms with Crippen molar-refractivity contribution in [3.05, 3.63) is 60.2 Å². The second-order valence-corrected chi connectivity index (χ2v) is 8.14. The van der Waals surface area contributed by atoms with Crippen LogP contribution < -0.4 is 0 Å². The Morgan fingerprint density at radius 3 is 2.29 bits per heavy atom. The molecule has 2 amide bonds. The van der Waals surface area contributed by atoms with Crippen LogP contribution in [0.5, 0.6) is 0 Å². The molecule has 0 unspecified atom stereocenters. The van der Waals surface area contributed by atoms with E-state index in [1.165, 1.54) is 11.1 Å². The van der Waals surface area contributed by atoms with Crippen molar-refractivity contribution in [1.29, 1.82) is 0 Å². The third kappa shape index (κ3) is 3.96. The molecule has 2 fully saturated rings. The van der Waals surface area contributed by atoms with E-state index in [1.54, 1.807) is 4.90 Å². The van der Waals surface area contributed by atoms with E-state index < -0.39 is 0 Å². The fourth-order valence-corrected chi connectivity index (χ4v) is 4.14. The molecule has 4 heteroatoms. The number of hydrogen-bond donors (Lipinski definition) is 0. The number of hydrogen-bond acceptors (Lipinski definition) is 2. The van der Waals surface area contributed by atoms with Gasteiger partial charge < -0.3 is 9.80 Å². The first kappa shape index (κ1) is 18.7. The van der Waals surface area contributed by atoms with Crippen molar-refractivity contribution in [2.75, 3.05) is 26.7 Å². The van der Waals surface area contributed by atoms with Crippen molar-refractivity contribution in [1.82, 2.24) is 9.80 Å². The summed E-state index contributed by atoms with van der Waals surface area (Å²) in [6, 6.07) is 18.7. The average molecular weight is 377 g/mol. The third-order valence-electron chi connectivity index (χ3n) is 6.18. The maximum Gasteiger partial charge on any atom is 0.227 e. The van der Waals surface area contributed by atoms with Gasteiger partial charge in [0.2, 0.25) is 11.8 Å². The van der Waals surface area contributed by atoms with Crippen LogP contribution in [0, 0.1) is 11.8 Å². The first-order chi connectivity index (χ1) is 13.6. The zero-order valence-electron chi connectivity index (χ0n) is 16.5. The van der Waals surface area contributed by atoms with Crippen LogP contribution in [-0.2, 0) is 16.0 Å². The first-order valence-corrected chi connectivity index (χ1v) is 10.3. The van der Waals surface area contributed by atoms with E-state index in [1.807, 2.05) is 30.1 Å². The molecule has 0 radical (unpaired) electrons. The van der Waals surface area contributed by atoms with Gasteiger partial charge in [0.25, 0.3) is 0 Å². The number of rotatable bonds is 4. The highest BCUT2D eigenvalue weighted by atomic mass is 16.2. The Morgan fingerprint density at radius 1 is 0.964 bits per heavy atom. The average Bonchev–Trinajstić information content (AvgIpc) is 2.82. The molecule has 2 aliphatic rings. The summed E-state index contributed by atoms with van der Waals surface area (Å²) in [4.78, 5) is 29.3. The Labute approximate surface area is 167 Å². The third-order valence-corrected chi connectivity index (χ3v) is 6.18. The maximum atomic E-state index is 12.8. The number of likely N-dealkylation sites (N-methyl/N-ethyl adjacent to an activating group) is 1. The van der Waals surface area contributed by atoms with Gasteiger partial charge in [-0.25, -0.2) is 0 Å². The normalized spacial score (nSPS) is 20.6. The summed E-state index contributed by atoms with van der Waals surface area (Å²) < 4.78 is 0. The van der Waals surface area contributed by atoms with Crippen molar-refractivity contribution in [2.45, 2.75) is 25.7 Å². The number of carbonyl (C=O) groups is 2. The largest absolute Gasteiger partial charge is 0.344 e.